The van der Waals surface area contributed by atoms with E-state index in [1.54, 1.807) is 0 Å². The van der Waals surface area contributed by atoms with Crippen molar-refractivity contribution in [3.05, 3.63) is 127 Å². The Labute approximate surface area is 235 Å². The van der Waals surface area contributed by atoms with Crippen LogP contribution in [0.3, 0.4) is 0 Å². The van der Waals surface area contributed by atoms with E-state index in [2.05, 4.69) is 66.7 Å². The Morgan fingerprint density at radius 2 is 1.20 bits per heavy atom. The van der Waals surface area contributed by atoms with Crippen LogP contribution in [-0.2, 0) is 4.79 Å². The van der Waals surface area contributed by atoms with Gasteiger partial charge in [-0.25, -0.2) is 4.79 Å². The van der Waals surface area contributed by atoms with E-state index in [0.717, 1.165) is 33.4 Å². The average molecular weight is 537 g/mol. The van der Waals surface area contributed by atoms with Crippen LogP contribution < -0.4 is 4.74 Å². The first-order chi connectivity index (χ1) is 19.7. The zero-order valence-electron chi connectivity index (χ0n) is 21.5. The van der Waals surface area contributed by atoms with Crippen molar-refractivity contribution in [3.63, 3.8) is 0 Å². The summed E-state index contributed by atoms with van der Waals surface area (Å²) in [5, 5.41) is 14.4. The number of carboxylic acid groups (broad SMARTS) is 1. The van der Waals surface area contributed by atoms with Crippen LogP contribution in [0.2, 0.25) is 0 Å². The molecule has 40 heavy (non-hydrogen) atoms. The summed E-state index contributed by atoms with van der Waals surface area (Å²) in [6.45, 7) is -0.420. The van der Waals surface area contributed by atoms with Crippen molar-refractivity contribution in [1.29, 1.82) is 0 Å². The molecule has 0 unspecified atom stereocenters. The highest BCUT2D eigenvalue weighted by molar-refractivity contribution is 7.26. The Morgan fingerprint density at radius 1 is 0.600 bits per heavy atom. The van der Waals surface area contributed by atoms with Gasteiger partial charge in [-0.3, -0.25) is 0 Å². The first-order valence-corrected chi connectivity index (χ1v) is 14.0. The van der Waals surface area contributed by atoms with Gasteiger partial charge in [0.25, 0.3) is 0 Å². The van der Waals surface area contributed by atoms with E-state index in [0.29, 0.717) is 5.75 Å². The molecule has 7 rings (SSSR count). The second-order valence-electron chi connectivity index (χ2n) is 9.79. The number of rotatable bonds is 6. The molecule has 192 valence electrons. The zero-order valence-corrected chi connectivity index (χ0v) is 22.3. The van der Waals surface area contributed by atoms with Crippen molar-refractivity contribution in [2.75, 3.05) is 6.61 Å². The molecule has 0 aliphatic heterocycles. The van der Waals surface area contributed by atoms with Crippen LogP contribution in [0.5, 0.6) is 5.75 Å². The van der Waals surface area contributed by atoms with Gasteiger partial charge in [0.05, 0.1) is 0 Å². The summed E-state index contributed by atoms with van der Waals surface area (Å²) < 4.78 is 8.51. The standard InChI is InChI=1S/C36H24O3S/c37-34(38)22-39-36-29(23-10-3-1-4-11-23)19-27(20-30(36)24-12-5-2-6-13-24)28-16-9-17-32-35(28)31-18-25-14-7-8-15-26(25)21-33(31)40-32/h1-21H,22H2,(H,37,38). The smallest absolute Gasteiger partial charge is 0.341 e. The number of thiophene rings is 1. The molecule has 0 saturated carbocycles. The van der Waals surface area contributed by atoms with Gasteiger partial charge >= 0.3 is 5.97 Å². The van der Waals surface area contributed by atoms with Gasteiger partial charge in [-0.2, -0.15) is 0 Å². The second kappa shape index (κ2) is 9.99. The lowest BCUT2D eigenvalue weighted by Gasteiger charge is -2.19. The molecule has 1 aromatic heterocycles. The number of fused-ring (bicyclic) bond motifs is 4. The molecule has 0 spiro atoms. The van der Waals surface area contributed by atoms with Crippen LogP contribution in [-0.4, -0.2) is 17.7 Å². The first kappa shape index (κ1) is 24.1. The normalized spacial score (nSPS) is 11.3. The number of ether oxygens (including phenoxy) is 1. The van der Waals surface area contributed by atoms with Crippen LogP contribution in [0.4, 0.5) is 0 Å². The molecule has 0 atom stereocenters. The van der Waals surface area contributed by atoms with Crippen molar-refractivity contribution in [3.8, 4) is 39.1 Å². The van der Waals surface area contributed by atoms with Gasteiger partial charge in [-0.15, -0.1) is 11.3 Å². The van der Waals surface area contributed by atoms with Gasteiger partial charge in [0, 0.05) is 31.3 Å². The average Bonchev–Trinajstić information content (AvgIpc) is 3.37. The number of hydrogen-bond donors (Lipinski definition) is 1. The predicted octanol–water partition coefficient (Wildman–Crippen LogP) is 9.67. The Bertz CT molecular complexity index is 1960. The second-order valence-corrected chi connectivity index (χ2v) is 10.9. The van der Waals surface area contributed by atoms with Crippen molar-refractivity contribution >= 4 is 48.3 Å². The third kappa shape index (κ3) is 4.29. The maximum absolute atomic E-state index is 11.6. The molecule has 1 heterocycles. The fourth-order valence-electron chi connectivity index (χ4n) is 5.49. The van der Waals surface area contributed by atoms with Crippen molar-refractivity contribution in [2.45, 2.75) is 0 Å². The Balaban J connectivity index is 1.54. The number of hydrogen-bond acceptors (Lipinski definition) is 3. The van der Waals surface area contributed by atoms with Crippen molar-refractivity contribution in [2.24, 2.45) is 0 Å². The number of aliphatic carboxylic acids is 1. The molecule has 0 amide bonds. The SMILES string of the molecule is O=C(O)COc1c(-c2ccccc2)cc(-c2cccc3sc4cc5ccccc5cc4c23)cc1-c1ccccc1. The Kier molecular flexibility index (Phi) is 6.03. The maximum Gasteiger partial charge on any atom is 0.341 e. The highest BCUT2D eigenvalue weighted by atomic mass is 32.1. The van der Waals surface area contributed by atoms with E-state index < -0.39 is 12.6 Å². The van der Waals surface area contributed by atoms with Crippen LogP contribution in [0.25, 0.3) is 64.3 Å². The van der Waals surface area contributed by atoms with Gasteiger partial charge in [0.15, 0.2) is 6.61 Å². The molecule has 3 nitrogen and oxygen atoms in total. The lowest BCUT2D eigenvalue weighted by molar-refractivity contribution is -0.139. The first-order valence-electron chi connectivity index (χ1n) is 13.1. The summed E-state index contributed by atoms with van der Waals surface area (Å²) in [5.41, 5.74) is 5.85. The van der Waals surface area contributed by atoms with Gasteiger partial charge in [0.1, 0.15) is 5.75 Å². The van der Waals surface area contributed by atoms with Crippen molar-refractivity contribution in [1.82, 2.24) is 0 Å². The number of carboxylic acids is 1. The minimum atomic E-state index is -1.01. The molecule has 0 aliphatic carbocycles. The van der Waals surface area contributed by atoms with Crippen LogP contribution >= 0.6 is 11.3 Å². The van der Waals surface area contributed by atoms with E-state index >= 15 is 0 Å². The molecule has 6 aromatic carbocycles. The third-order valence-electron chi connectivity index (χ3n) is 7.27. The molecule has 0 fully saturated rings. The molecule has 7 aromatic rings. The molecule has 0 aliphatic rings. The molecule has 0 radical (unpaired) electrons. The van der Waals surface area contributed by atoms with Crippen LogP contribution in [0.1, 0.15) is 0 Å². The predicted molar refractivity (Wildman–Crippen MR) is 166 cm³/mol. The van der Waals surface area contributed by atoms with Crippen LogP contribution in [0, 0.1) is 0 Å². The largest absolute Gasteiger partial charge is 0.481 e. The van der Waals surface area contributed by atoms with Crippen LogP contribution in [0.15, 0.2) is 127 Å². The quantitative estimate of drug-likeness (QED) is 0.230. The monoisotopic (exact) mass is 536 g/mol. The molecule has 0 saturated heterocycles. The lowest BCUT2D eigenvalue weighted by atomic mass is 9.90. The summed E-state index contributed by atoms with van der Waals surface area (Å²) in [6, 6.07) is 43.9. The topological polar surface area (TPSA) is 46.5 Å². The third-order valence-corrected chi connectivity index (χ3v) is 8.39. The minimum Gasteiger partial charge on any atom is -0.481 e. The van der Waals surface area contributed by atoms with E-state index in [1.807, 2.05) is 72.0 Å². The fraction of sp³-hybridized carbons (Fsp3) is 0.0278. The van der Waals surface area contributed by atoms with Gasteiger partial charge in [-0.05, 0) is 63.4 Å². The van der Waals surface area contributed by atoms with Gasteiger partial charge < -0.3 is 9.84 Å². The highest BCUT2D eigenvalue weighted by Gasteiger charge is 2.20. The zero-order chi connectivity index (χ0) is 27.1. The summed E-state index contributed by atoms with van der Waals surface area (Å²) in [6.07, 6.45) is 0. The molecule has 0 bridgehead atoms. The molecular formula is C36H24O3S. The van der Waals surface area contributed by atoms with E-state index in [-0.39, 0.29) is 0 Å². The minimum absolute atomic E-state index is 0.420. The summed E-state index contributed by atoms with van der Waals surface area (Å²) in [4.78, 5) is 11.6. The van der Waals surface area contributed by atoms with E-state index in [9.17, 15) is 9.90 Å². The summed E-state index contributed by atoms with van der Waals surface area (Å²) >= 11 is 1.81. The van der Waals surface area contributed by atoms with Crippen molar-refractivity contribution < 1.29 is 14.6 Å². The lowest BCUT2D eigenvalue weighted by Crippen LogP contribution is -2.11. The van der Waals surface area contributed by atoms with E-state index in [4.69, 9.17) is 4.74 Å². The maximum atomic E-state index is 11.6. The molecule has 1 N–H and O–H groups in total. The highest BCUT2D eigenvalue weighted by Crippen LogP contribution is 2.46. The van der Waals surface area contributed by atoms with Gasteiger partial charge in [-0.1, -0.05) is 97.1 Å². The molecule has 4 heteroatoms. The Morgan fingerprint density at radius 3 is 1.82 bits per heavy atom. The van der Waals surface area contributed by atoms with E-state index in [1.165, 1.54) is 30.9 Å². The fourth-order valence-corrected chi connectivity index (χ4v) is 6.65. The molecular weight excluding hydrogens is 512 g/mol. The summed E-state index contributed by atoms with van der Waals surface area (Å²) in [7, 11) is 0. The Hall–Kier alpha value is -4.93. The van der Waals surface area contributed by atoms with Gasteiger partial charge in [0.2, 0.25) is 0 Å². The number of benzene rings is 6. The number of carbonyl (C=O) groups is 1. The summed E-state index contributed by atoms with van der Waals surface area (Å²) in [5.74, 6) is -0.444.